The molecule has 4 fully saturated rings. The van der Waals surface area contributed by atoms with Gasteiger partial charge in [0.25, 0.3) is 0 Å². The average molecular weight is 597 g/mol. The van der Waals surface area contributed by atoms with Crippen molar-refractivity contribution in [3.8, 4) is 0 Å². The van der Waals surface area contributed by atoms with Crippen LogP contribution in [-0.4, -0.2) is 44.5 Å². The molecule has 2 heterocycles. The predicted molar refractivity (Wildman–Crippen MR) is 165 cm³/mol. The minimum absolute atomic E-state index is 0.0635. The van der Waals surface area contributed by atoms with E-state index >= 15 is 0 Å². The van der Waals surface area contributed by atoms with E-state index in [2.05, 4.69) is 22.1 Å². The molecule has 0 aliphatic heterocycles. The number of hydrogen-bond acceptors (Lipinski definition) is 10. The van der Waals surface area contributed by atoms with Gasteiger partial charge in [-0.1, -0.05) is 48.4 Å². The first-order chi connectivity index (χ1) is 20.3. The molecule has 4 aliphatic carbocycles. The standard InChI is InChI=1S/C32H28N4O4S2/c1-13-11-19-20(29-21(13)33-31(41-29)35-23-25(37)15-7-3-4-8-16(15)26(23)38)12-14(2)22-30(19)42-32(34-22)36-24-27(39)17-9-5-6-10-18(17)28(24)40/h11-12,15-18H,3-10H2,1-2H3. The quantitative estimate of drug-likeness (QED) is 0.253. The van der Waals surface area contributed by atoms with Gasteiger partial charge in [-0.05, 0) is 62.8 Å². The Morgan fingerprint density at radius 2 is 0.929 bits per heavy atom. The molecule has 2 aromatic carbocycles. The Morgan fingerprint density at radius 3 is 1.26 bits per heavy atom. The third-order valence-electron chi connectivity index (χ3n) is 9.71. The number of fused-ring (bicyclic) bond motifs is 7. The van der Waals surface area contributed by atoms with Crippen LogP contribution in [-0.2, 0) is 19.2 Å². The molecule has 0 N–H and O–H groups in total. The molecule has 212 valence electrons. The smallest absolute Gasteiger partial charge is 0.211 e. The Hall–Kier alpha value is -3.50. The van der Waals surface area contributed by atoms with Gasteiger partial charge in [-0.15, -0.1) is 0 Å². The van der Waals surface area contributed by atoms with Crippen LogP contribution in [0.15, 0.2) is 22.1 Å². The molecule has 0 saturated heterocycles. The lowest BCUT2D eigenvalue weighted by molar-refractivity contribution is -0.120. The van der Waals surface area contributed by atoms with Crippen molar-refractivity contribution in [3.63, 3.8) is 0 Å². The average Bonchev–Trinajstić information content (AvgIpc) is 3.73. The minimum Gasteiger partial charge on any atom is -0.292 e. The lowest BCUT2D eigenvalue weighted by Gasteiger charge is -2.20. The van der Waals surface area contributed by atoms with Gasteiger partial charge in [-0.25, -0.2) is 20.0 Å². The number of aryl methyl sites for hydroxylation is 2. The third kappa shape index (κ3) is 3.77. The zero-order valence-electron chi connectivity index (χ0n) is 23.4. The molecule has 4 aliphatic rings. The predicted octanol–water partition coefficient (Wildman–Crippen LogP) is 6.74. The van der Waals surface area contributed by atoms with E-state index in [1.807, 2.05) is 13.8 Å². The van der Waals surface area contributed by atoms with Crippen molar-refractivity contribution in [2.24, 2.45) is 33.7 Å². The second kappa shape index (κ2) is 9.50. The van der Waals surface area contributed by atoms with Crippen molar-refractivity contribution in [1.82, 2.24) is 9.97 Å². The lowest BCUT2D eigenvalue weighted by atomic mass is 9.81. The number of Topliss-reactive ketones (excluding diaryl/α,β-unsaturated/α-hetero) is 4. The number of carbonyl (C=O) groups is 4. The fraction of sp³-hybridized carbons (Fsp3) is 0.438. The molecule has 2 aromatic heterocycles. The summed E-state index contributed by atoms with van der Waals surface area (Å²) in [5, 5.41) is 2.82. The van der Waals surface area contributed by atoms with Crippen LogP contribution in [0.1, 0.15) is 62.5 Å². The second-order valence-electron chi connectivity index (χ2n) is 12.2. The molecule has 0 spiro atoms. The number of nitrogens with zero attached hydrogens (tertiary/aromatic N) is 4. The van der Waals surface area contributed by atoms with Gasteiger partial charge in [-0.2, -0.15) is 0 Å². The maximum Gasteiger partial charge on any atom is 0.211 e. The van der Waals surface area contributed by atoms with Crippen LogP contribution in [0, 0.1) is 37.5 Å². The normalized spacial score (nSPS) is 26.1. The molecule has 4 aromatic rings. The van der Waals surface area contributed by atoms with E-state index in [0.717, 1.165) is 93.7 Å². The molecular weight excluding hydrogens is 569 g/mol. The molecule has 42 heavy (non-hydrogen) atoms. The van der Waals surface area contributed by atoms with Crippen molar-refractivity contribution in [2.45, 2.75) is 65.2 Å². The van der Waals surface area contributed by atoms with Crippen LogP contribution in [0.2, 0.25) is 0 Å². The molecule has 4 atom stereocenters. The van der Waals surface area contributed by atoms with E-state index in [1.165, 1.54) is 22.7 Å². The second-order valence-corrected chi connectivity index (χ2v) is 14.2. The molecule has 4 unspecified atom stereocenters. The summed E-state index contributed by atoms with van der Waals surface area (Å²) in [6.45, 7) is 3.98. The number of benzene rings is 2. The maximum absolute atomic E-state index is 13.0. The Labute approximate surface area is 249 Å². The highest BCUT2D eigenvalue weighted by atomic mass is 32.1. The van der Waals surface area contributed by atoms with Gasteiger partial charge in [0, 0.05) is 34.4 Å². The van der Waals surface area contributed by atoms with Crippen LogP contribution >= 0.6 is 22.7 Å². The van der Waals surface area contributed by atoms with Crippen molar-refractivity contribution in [2.75, 3.05) is 0 Å². The topological polar surface area (TPSA) is 119 Å². The fourth-order valence-electron chi connectivity index (χ4n) is 7.59. The summed E-state index contributed by atoms with van der Waals surface area (Å²) >= 11 is 2.78. The third-order valence-corrected chi connectivity index (χ3v) is 11.7. The van der Waals surface area contributed by atoms with Gasteiger partial charge < -0.3 is 0 Å². The molecule has 0 amide bonds. The van der Waals surface area contributed by atoms with E-state index in [0.29, 0.717) is 10.3 Å². The number of aliphatic imine (C=N–C) groups is 2. The largest absolute Gasteiger partial charge is 0.292 e. The van der Waals surface area contributed by atoms with Gasteiger partial charge in [-0.3, -0.25) is 19.2 Å². The summed E-state index contributed by atoms with van der Waals surface area (Å²) < 4.78 is 1.88. The fourth-order valence-corrected chi connectivity index (χ4v) is 9.67. The van der Waals surface area contributed by atoms with Crippen molar-refractivity contribution < 1.29 is 19.2 Å². The highest BCUT2D eigenvalue weighted by Gasteiger charge is 2.48. The molecule has 8 nitrogen and oxygen atoms in total. The molecule has 8 rings (SSSR count). The Bertz CT molecular complexity index is 1790. The van der Waals surface area contributed by atoms with Crippen LogP contribution in [0.3, 0.4) is 0 Å². The van der Waals surface area contributed by atoms with E-state index in [4.69, 9.17) is 9.97 Å². The van der Waals surface area contributed by atoms with Crippen molar-refractivity contribution >= 4 is 98.7 Å². The number of thiazole rings is 2. The number of aromatic nitrogens is 2. The number of hydrogen-bond donors (Lipinski definition) is 0. The van der Waals surface area contributed by atoms with E-state index in [9.17, 15) is 19.2 Å². The number of rotatable bonds is 2. The summed E-state index contributed by atoms with van der Waals surface area (Å²) in [7, 11) is 0. The van der Waals surface area contributed by atoms with Crippen LogP contribution in [0.25, 0.3) is 31.2 Å². The van der Waals surface area contributed by atoms with Gasteiger partial charge in [0.2, 0.25) is 10.3 Å². The first-order valence-electron chi connectivity index (χ1n) is 14.8. The Morgan fingerprint density at radius 1 is 0.595 bits per heavy atom. The highest BCUT2D eigenvalue weighted by Crippen LogP contribution is 2.44. The summed E-state index contributed by atoms with van der Waals surface area (Å²) in [4.78, 5) is 70.8. The number of carbonyl (C=O) groups excluding carboxylic acids is 4. The van der Waals surface area contributed by atoms with Gasteiger partial charge in [0.15, 0.2) is 34.6 Å². The SMILES string of the molecule is Cc1cc2c(cc(C)c3nc(N=C4C(=O)C5CCCCC5C4=O)sc32)c2sc(N=C3C(=O)C4CCCCC4C3=O)nc12. The van der Waals surface area contributed by atoms with Gasteiger partial charge in [0.05, 0.1) is 20.4 Å². The first-order valence-corrected chi connectivity index (χ1v) is 16.4. The van der Waals surface area contributed by atoms with Crippen LogP contribution in [0.4, 0.5) is 10.3 Å². The zero-order chi connectivity index (χ0) is 28.9. The zero-order valence-corrected chi connectivity index (χ0v) is 25.0. The minimum atomic E-state index is -0.221. The summed E-state index contributed by atoms with van der Waals surface area (Å²) in [6.07, 6.45) is 6.97. The number of ketones is 4. The molecule has 0 bridgehead atoms. The summed E-state index contributed by atoms with van der Waals surface area (Å²) in [5.74, 6) is -1.38. The molecular formula is C32H28N4O4S2. The maximum atomic E-state index is 13.0. The van der Waals surface area contributed by atoms with Crippen molar-refractivity contribution in [1.29, 1.82) is 0 Å². The molecule has 0 radical (unpaired) electrons. The first kappa shape index (κ1) is 26.2. The highest BCUT2D eigenvalue weighted by molar-refractivity contribution is 7.24. The van der Waals surface area contributed by atoms with E-state index in [-0.39, 0.29) is 58.2 Å². The van der Waals surface area contributed by atoms with Crippen LogP contribution in [0.5, 0.6) is 0 Å². The summed E-state index contributed by atoms with van der Waals surface area (Å²) in [6, 6.07) is 4.15. The van der Waals surface area contributed by atoms with Crippen molar-refractivity contribution in [3.05, 3.63) is 23.3 Å². The van der Waals surface area contributed by atoms with E-state index in [1.54, 1.807) is 0 Å². The summed E-state index contributed by atoms with van der Waals surface area (Å²) in [5.41, 5.74) is 3.64. The Kier molecular flexibility index (Phi) is 5.92. The lowest BCUT2D eigenvalue weighted by Crippen LogP contribution is -2.21. The molecule has 10 heteroatoms. The Balaban J connectivity index is 1.23. The molecule has 4 saturated carbocycles. The van der Waals surface area contributed by atoms with E-state index < -0.39 is 0 Å². The van der Waals surface area contributed by atoms with Gasteiger partial charge in [0.1, 0.15) is 0 Å². The van der Waals surface area contributed by atoms with Crippen LogP contribution < -0.4 is 0 Å². The monoisotopic (exact) mass is 596 g/mol. The van der Waals surface area contributed by atoms with Gasteiger partial charge >= 0.3 is 0 Å².